The summed E-state index contributed by atoms with van der Waals surface area (Å²) in [5.74, 6) is 1.57. The number of ether oxygens (including phenoxy) is 2. The monoisotopic (exact) mass is 296 g/mol. The van der Waals surface area contributed by atoms with Crippen LogP contribution in [0.25, 0.3) is 0 Å². The summed E-state index contributed by atoms with van der Waals surface area (Å²) in [6, 6.07) is 15.7. The van der Waals surface area contributed by atoms with Crippen LogP contribution in [0.2, 0.25) is 0 Å². The normalized spacial score (nSPS) is 10.3. The minimum Gasteiger partial charge on any atom is -0.497 e. The Balaban J connectivity index is 2.08. The molecule has 0 N–H and O–H groups in total. The summed E-state index contributed by atoms with van der Waals surface area (Å²) in [5.41, 5.74) is 2.93. The van der Waals surface area contributed by atoms with Crippen molar-refractivity contribution in [2.75, 3.05) is 21.3 Å². The molecule has 22 heavy (non-hydrogen) atoms. The van der Waals surface area contributed by atoms with Gasteiger partial charge >= 0.3 is 0 Å². The van der Waals surface area contributed by atoms with E-state index < -0.39 is 0 Å². The highest BCUT2D eigenvalue weighted by Crippen LogP contribution is 2.23. The predicted molar refractivity (Wildman–Crippen MR) is 85.9 cm³/mol. The fraction of sp³-hybridized carbons (Fsp3) is 0.278. The second-order valence-electron chi connectivity index (χ2n) is 5.21. The predicted octanol–water partition coefficient (Wildman–Crippen LogP) is 3.21. The third-order valence-corrected chi connectivity index (χ3v) is 3.37. The fourth-order valence-electron chi connectivity index (χ4n) is 2.38. The number of nitriles is 1. The zero-order valence-corrected chi connectivity index (χ0v) is 13.2. The highest BCUT2D eigenvalue weighted by molar-refractivity contribution is 5.38. The number of benzene rings is 2. The van der Waals surface area contributed by atoms with Gasteiger partial charge in [-0.05, 0) is 42.4 Å². The molecule has 0 heterocycles. The highest BCUT2D eigenvalue weighted by Gasteiger charge is 2.06. The minimum absolute atomic E-state index is 0.689. The Hall–Kier alpha value is -2.51. The van der Waals surface area contributed by atoms with Gasteiger partial charge in [0.1, 0.15) is 11.5 Å². The van der Waals surface area contributed by atoms with E-state index in [9.17, 15) is 0 Å². The van der Waals surface area contributed by atoms with E-state index >= 15 is 0 Å². The van der Waals surface area contributed by atoms with Gasteiger partial charge in [-0.1, -0.05) is 12.1 Å². The first kappa shape index (κ1) is 15.9. The van der Waals surface area contributed by atoms with E-state index in [1.807, 2.05) is 49.5 Å². The van der Waals surface area contributed by atoms with Crippen LogP contribution in [-0.2, 0) is 13.1 Å². The van der Waals surface area contributed by atoms with E-state index in [0.717, 1.165) is 35.7 Å². The van der Waals surface area contributed by atoms with Crippen LogP contribution in [0.4, 0.5) is 0 Å². The number of methoxy groups -OCH3 is 2. The molecule has 2 aromatic carbocycles. The molecule has 0 bridgehead atoms. The summed E-state index contributed by atoms with van der Waals surface area (Å²) in [4.78, 5) is 2.19. The fourth-order valence-corrected chi connectivity index (χ4v) is 2.38. The molecule has 0 aliphatic rings. The highest BCUT2D eigenvalue weighted by atomic mass is 16.5. The Kier molecular flexibility index (Phi) is 5.40. The lowest BCUT2D eigenvalue weighted by molar-refractivity contribution is 0.317. The third kappa shape index (κ3) is 4.24. The maximum Gasteiger partial charge on any atom is 0.122 e. The van der Waals surface area contributed by atoms with Gasteiger partial charge in [0.2, 0.25) is 0 Å². The zero-order chi connectivity index (χ0) is 15.9. The molecule has 0 atom stereocenters. The molecule has 0 radical (unpaired) electrons. The average Bonchev–Trinajstić information content (AvgIpc) is 2.54. The molecule has 4 heteroatoms. The van der Waals surface area contributed by atoms with Crippen LogP contribution in [0.3, 0.4) is 0 Å². The molecule has 0 unspecified atom stereocenters. The lowest BCUT2D eigenvalue weighted by Crippen LogP contribution is -2.17. The molecule has 0 aliphatic carbocycles. The molecular weight excluding hydrogens is 276 g/mol. The zero-order valence-electron chi connectivity index (χ0n) is 13.2. The van der Waals surface area contributed by atoms with Crippen molar-refractivity contribution >= 4 is 0 Å². The summed E-state index contributed by atoms with van der Waals surface area (Å²) in [5, 5.41) is 8.96. The molecule has 0 fully saturated rings. The van der Waals surface area contributed by atoms with Gasteiger partial charge in [-0.15, -0.1) is 0 Å². The van der Waals surface area contributed by atoms with Crippen LogP contribution < -0.4 is 9.47 Å². The van der Waals surface area contributed by atoms with Gasteiger partial charge in [0.15, 0.2) is 0 Å². The molecule has 0 aliphatic heterocycles. The summed E-state index contributed by atoms with van der Waals surface area (Å²) in [7, 11) is 5.34. The SMILES string of the molecule is COc1cc(CN(C)Cc2cccc(C#N)c2)cc(OC)c1. The van der Waals surface area contributed by atoms with Crippen LogP contribution >= 0.6 is 0 Å². The second kappa shape index (κ2) is 7.48. The standard InChI is InChI=1S/C18H20N2O2/c1-20(12-15-6-4-5-14(7-15)11-19)13-16-8-17(21-2)10-18(9-16)22-3/h4-10H,12-13H2,1-3H3. The van der Waals surface area contributed by atoms with E-state index in [-0.39, 0.29) is 0 Å². The Morgan fingerprint density at radius 1 is 0.955 bits per heavy atom. The number of nitrogens with zero attached hydrogens (tertiary/aromatic N) is 2. The first-order valence-electron chi connectivity index (χ1n) is 7.04. The van der Waals surface area contributed by atoms with E-state index in [0.29, 0.717) is 5.56 Å². The maximum absolute atomic E-state index is 8.96. The van der Waals surface area contributed by atoms with Gasteiger partial charge < -0.3 is 9.47 Å². The molecular formula is C18H20N2O2. The first-order chi connectivity index (χ1) is 10.6. The quantitative estimate of drug-likeness (QED) is 0.821. The topological polar surface area (TPSA) is 45.5 Å². The lowest BCUT2D eigenvalue weighted by Gasteiger charge is -2.18. The van der Waals surface area contributed by atoms with Crippen molar-refractivity contribution in [2.45, 2.75) is 13.1 Å². The van der Waals surface area contributed by atoms with Gasteiger partial charge in [0, 0.05) is 19.2 Å². The van der Waals surface area contributed by atoms with Crippen molar-refractivity contribution in [1.29, 1.82) is 5.26 Å². The first-order valence-corrected chi connectivity index (χ1v) is 7.04. The van der Waals surface area contributed by atoms with Crippen LogP contribution in [0, 0.1) is 11.3 Å². The van der Waals surface area contributed by atoms with Crippen molar-refractivity contribution in [3.63, 3.8) is 0 Å². The van der Waals surface area contributed by atoms with E-state index in [2.05, 4.69) is 11.0 Å². The molecule has 4 nitrogen and oxygen atoms in total. The summed E-state index contributed by atoms with van der Waals surface area (Å²) < 4.78 is 10.6. The molecule has 0 saturated carbocycles. The molecule has 2 rings (SSSR count). The van der Waals surface area contributed by atoms with Crippen molar-refractivity contribution in [3.05, 3.63) is 59.2 Å². The minimum atomic E-state index is 0.689. The molecule has 114 valence electrons. The molecule has 0 spiro atoms. The van der Waals surface area contributed by atoms with Gasteiger partial charge in [0.05, 0.1) is 25.9 Å². The largest absolute Gasteiger partial charge is 0.497 e. The van der Waals surface area contributed by atoms with Gasteiger partial charge in [-0.2, -0.15) is 5.26 Å². The van der Waals surface area contributed by atoms with E-state index in [1.165, 1.54) is 0 Å². The maximum atomic E-state index is 8.96. The summed E-state index contributed by atoms with van der Waals surface area (Å²) in [6.07, 6.45) is 0. The van der Waals surface area contributed by atoms with E-state index in [4.69, 9.17) is 14.7 Å². The van der Waals surface area contributed by atoms with E-state index in [1.54, 1.807) is 14.2 Å². The van der Waals surface area contributed by atoms with Gasteiger partial charge in [0.25, 0.3) is 0 Å². The van der Waals surface area contributed by atoms with Crippen LogP contribution in [0.15, 0.2) is 42.5 Å². The molecule has 0 saturated heterocycles. The molecule has 2 aromatic rings. The Bertz CT molecular complexity index is 655. The summed E-state index contributed by atoms with van der Waals surface area (Å²) >= 11 is 0. The smallest absolute Gasteiger partial charge is 0.122 e. The van der Waals surface area contributed by atoms with Gasteiger partial charge in [-0.3, -0.25) is 4.90 Å². The van der Waals surface area contributed by atoms with Crippen molar-refractivity contribution in [2.24, 2.45) is 0 Å². The molecule has 0 amide bonds. The number of hydrogen-bond acceptors (Lipinski definition) is 4. The van der Waals surface area contributed by atoms with Crippen molar-refractivity contribution in [3.8, 4) is 17.6 Å². The van der Waals surface area contributed by atoms with Crippen molar-refractivity contribution in [1.82, 2.24) is 4.90 Å². The Morgan fingerprint density at radius 2 is 1.59 bits per heavy atom. The summed E-state index contributed by atoms with van der Waals surface area (Å²) in [6.45, 7) is 1.54. The average molecular weight is 296 g/mol. The lowest BCUT2D eigenvalue weighted by atomic mass is 10.1. The Morgan fingerprint density at radius 3 is 2.18 bits per heavy atom. The molecule has 0 aromatic heterocycles. The van der Waals surface area contributed by atoms with Crippen LogP contribution in [0.5, 0.6) is 11.5 Å². The number of hydrogen-bond donors (Lipinski definition) is 0. The number of rotatable bonds is 6. The Labute approximate surface area is 131 Å². The van der Waals surface area contributed by atoms with Crippen LogP contribution in [0.1, 0.15) is 16.7 Å². The van der Waals surface area contributed by atoms with Crippen molar-refractivity contribution < 1.29 is 9.47 Å². The third-order valence-electron chi connectivity index (χ3n) is 3.37. The second-order valence-corrected chi connectivity index (χ2v) is 5.21. The van der Waals surface area contributed by atoms with Crippen LogP contribution in [-0.4, -0.2) is 26.2 Å². The van der Waals surface area contributed by atoms with Gasteiger partial charge in [-0.25, -0.2) is 0 Å².